The first-order valence-electron chi connectivity index (χ1n) is 7.47. The predicted molar refractivity (Wildman–Crippen MR) is 87.5 cm³/mol. The smallest absolute Gasteiger partial charge is 0.178 e. The van der Waals surface area contributed by atoms with Crippen molar-refractivity contribution >= 4 is 9.84 Å². The second kappa shape index (κ2) is 7.56. The molecule has 0 radical (unpaired) electrons. The summed E-state index contributed by atoms with van der Waals surface area (Å²) in [5.41, 5.74) is 1.14. The topological polar surface area (TPSA) is 64.0 Å². The van der Waals surface area contributed by atoms with Crippen LogP contribution in [0.15, 0.2) is 47.6 Å². The molecule has 0 aliphatic carbocycles. The van der Waals surface area contributed by atoms with Crippen molar-refractivity contribution in [2.24, 2.45) is 0 Å². The van der Waals surface area contributed by atoms with Gasteiger partial charge in [-0.05, 0) is 44.5 Å². The van der Waals surface area contributed by atoms with Crippen molar-refractivity contribution in [3.63, 3.8) is 0 Å². The molecule has 22 heavy (non-hydrogen) atoms. The number of benzene rings is 1. The van der Waals surface area contributed by atoms with E-state index in [1.165, 1.54) is 0 Å². The van der Waals surface area contributed by atoms with Gasteiger partial charge in [0.25, 0.3) is 0 Å². The van der Waals surface area contributed by atoms with Gasteiger partial charge < -0.3 is 5.32 Å². The van der Waals surface area contributed by atoms with Gasteiger partial charge >= 0.3 is 0 Å². The first-order valence-corrected chi connectivity index (χ1v) is 9.13. The van der Waals surface area contributed by atoms with Crippen LogP contribution in [-0.4, -0.2) is 36.5 Å². The summed E-state index contributed by atoms with van der Waals surface area (Å²) in [4.78, 5) is 0.398. The van der Waals surface area contributed by atoms with Crippen molar-refractivity contribution in [3.8, 4) is 0 Å². The number of rotatable bonds is 8. The minimum absolute atomic E-state index is 0.164. The highest BCUT2D eigenvalue weighted by Crippen LogP contribution is 2.10. The van der Waals surface area contributed by atoms with Crippen LogP contribution in [0.4, 0.5) is 0 Å². The lowest BCUT2D eigenvalue weighted by atomic mass is 10.3. The molecule has 2 aromatic rings. The molecule has 1 aromatic carbocycles. The number of nitrogens with zero attached hydrogens (tertiary/aromatic N) is 2. The van der Waals surface area contributed by atoms with Crippen molar-refractivity contribution in [3.05, 3.63) is 48.3 Å². The van der Waals surface area contributed by atoms with Gasteiger partial charge in [-0.2, -0.15) is 5.10 Å². The molecule has 0 saturated heterocycles. The maximum atomic E-state index is 12.1. The van der Waals surface area contributed by atoms with Crippen LogP contribution in [0.1, 0.15) is 18.9 Å². The van der Waals surface area contributed by atoms with Crippen molar-refractivity contribution in [2.75, 3.05) is 12.3 Å². The maximum Gasteiger partial charge on any atom is 0.178 e. The summed E-state index contributed by atoms with van der Waals surface area (Å²) < 4.78 is 26.2. The number of sulfone groups is 1. The molecule has 0 aliphatic rings. The maximum absolute atomic E-state index is 12.1. The number of aryl methyl sites for hydroxylation is 1. The molecule has 0 bridgehead atoms. The van der Waals surface area contributed by atoms with Gasteiger partial charge in [0, 0.05) is 12.2 Å². The molecule has 6 heteroatoms. The van der Waals surface area contributed by atoms with E-state index in [9.17, 15) is 8.42 Å². The highest BCUT2D eigenvalue weighted by molar-refractivity contribution is 7.91. The van der Waals surface area contributed by atoms with Gasteiger partial charge in [-0.15, -0.1) is 0 Å². The first-order chi connectivity index (χ1) is 10.5. The largest absolute Gasteiger partial charge is 0.312 e. The van der Waals surface area contributed by atoms with Gasteiger partial charge in [-0.25, -0.2) is 8.42 Å². The summed E-state index contributed by atoms with van der Waals surface area (Å²) in [6.07, 6.45) is 4.43. The number of hydrogen-bond donors (Lipinski definition) is 1. The molecule has 2 rings (SSSR count). The molecule has 0 spiro atoms. The molecular formula is C16H23N3O2S. The van der Waals surface area contributed by atoms with Crippen LogP contribution >= 0.6 is 0 Å². The quantitative estimate of drug-likeness (QED) is 0.756. The second-order valence-electron chi connectivity index (χ2n) is 5.58. The van der Waals surface area contributed by atoms with Crippen LogP contribution in [0, 0.1) is 6.92 Å². The average Bonchev–Trinajstić information content (AvgIpc) is 2.90. The minimum atomic E-state index is -3.17. The fraction of sp³-hybridized carbons (Fsp3) is 0.438. The second-order valence-corrected chi connectivity index (χ2v) is 7.69. The van der Waals surface area contributed by atoms with Gasteiger partial charge in [-0.3, -0.25) is 4.68 Å². The van der Waals surface area contributed by atoms with E-state index in [1.54, 1.807) is 24.3 Å². The van der Waals surface area contributed by atoms with E-state index in [2.05, 4.69) is 17.3 Å². The Labute approximate surface area is 132 Å². The summed E-state index contributed by atoms with van der Waals surface area (Å²) in [7, 11) is -3.17. The van der Waals surface area contributed by atoms with Gasteiger partial charge in [0.1, 0.15) is 0 Å². The fourth-order valence-electron chi connectivity index (χ4n) is 2.27. The van der Waals surface area contributed by atoms with Crippen LogP contribution in [0.25, 0.3) is 0 Å². The molecule has 0 fully saturated rings. The van der Waals surface area contributed by atoms with Gasteiger partial charge in [0.15, 0.2) is 9.84 Å². The Morgan fingerprint density at radius 3 is 2.64 bits per heavy atom. The van der Waals surface area contributed by atoms with Crippen LogP contribution < -0.4 is 5.32 Å². The predicted octanol–water partition coefficient (Wildman–Crippen LogP) is 2.03. The number of nitrogens with one attached hydrogen (secondary N) is 1. The van der Waals surface area contributed by atoms with E-state index >= 15 is 0 Å². The number of hydrogen-bond acceptors (Lipinski definition) is 4. The average molecular weight is 321 g/mol. The van der Waals surface area contributed by atoms with E-state index in [0.717, 1.165) is 12.1 Å². The van der Waals surface area contributed by atoms with Crippen LogP contribution in [0.2, 0.25) is 0 Å². The molecular weight excluding hydrogens is 298 g/mol. The Hall–Kier alpha value is -1.66. The summed E-state index contributed by atoms with van der Waals surface area (Å²) in [5, 5.41) is 7.58. The zero-order valence-electron chi connectivity index (χ0n) is 13.1. The highest BCUT2D eigenvalue weighted by Gasteiger charge is 2.13. The highest BCUT2D eigenvalue weighted by atomic mass is 32.2. The molecule has 0 saturated carbocycles. The summed E-state index contributed by atoms with van der Waals surface area (Å²) in [6, 6.07) is 8.85. The van der Waals surface area contributed by atoms with Crippen LogP contribution in [-0.2, 0) is 16.4 Å². The Morgan fingerprint density at radius 1 is 1.27 bits per heavy atom. The third-order valence-electron chi connectivity index (χ3n) is 3.41. The lowest BCUT2D eigenvalue weighted by Gasteiger charge is -2.13. The van der Waals surface area contributed by atoms with Crippen molar-refractivity contribution in [2.45, 2.75) is 37.8 Å². The minimum Gasteiger partial charge on any atom is -0.312 e. The van der Waals surface area contributed by atoms with E-state index in [-0.39, 0.29) is 11.8 Å². The molecule has 1 N–H and O–H groups in total. The standard InChI is InChI=1S/C16H23N3O2S/c1-14-11-18-19(12-14)13-15(2)17-9-6-10-22(20,21)16-7-4-3-5-8-16/h3-5,7-8,11-12,15,17H,6,9-10,13H2,1-2H3/t15-/m1/s1. The Kier molecular flexibility index (Phi) is 5.74. The normalized spacial score (nSPS) is 13.2. The molecule has 1 aromatic heterocycles. The molecule has 120 valence electrons. The van der Waals surface area contributed by atoms with Crippen molar-refractivity contribution in [1.29, 1.82) is 0 Å². The monoisotopic (exact) mass is 321 g/mol. The molecule has 0 aliphatic heterocycles. The summed E-state index contributed by atoms with van der Waals surface area (Å²) in [6.45, 7) is 5.53. The van der Waals surface area contributed by atoms with Crippen molar-refractivity contribution in [1.82, 2.24) is 15.1 Å². The van der Waals surface area contributed by atoms with Crippen molar-refractivity contribution < 1.29 is 8.42 Å². The van der Waals surface area contributed by atoms with E-state index < -0.39 is 9.84 Å². The van der Waals surface area contributed by atoms with Gasteiger partial charge in [0.2, 0.25) is 0 Å². The van der Waals surface area contributed by atoms with E-state index in [0.29, 0.717) is 17.9 Å². The van der Waals surface area contributed by atoms with Gasteiger partial charge in [0.05, 0.1) is 23.4 Å². The number of aromatic nitrogens is 2. The summed E-state index contributed by atoms with van der Waals surface area (Å²) in [5.74, 6) is 0.164. The first kappa shape index (κ1) is 16.7. The summed E-state index contributed by atoms with van der Waals surface area (Å²) >= 11 is 0. The third kappa shape index (κ3) is 4.96. The molecule has 0 amide bonds. The van der Waals surface area contributed by atoms with E-state index in [1.807, 2.05) is 30.1 Å². The molecule has 1 heterocycles. The molecule has 0 unspecified atom stereocenters. The molecule has 5 nitrogen and oxygen atoms in total. The van der Waals surface area contributed by atoms with Crippen LogP contribution in [0.3, 0.4) is 0 Å². The molecule has 1 atom stereocenters. The lowest BCUT2D eigenvalue weighted by molar-refractivity contribution is 0.451. The zero-order valence-corrected chi connectivity index (χ0v) is 13.9. The third-order valence-corrected chi connectivity index (χ3v) is 5.22. The Balaban J connectivity index is 1.72. The fourth-order valence-corrected chi connectivity index (χ4v) is 3.60. The van der Waals surface area contributed by atoms with Gasteiger partial charge in [-0.1, -0.05) is 18.2 Å². The Bertz CT molecular complexity index is 680. The SMILES string of the molecule is Cc1cnn(C[C@@H](C)NCCCS(=O)(=O)c2ccccc2)c1. The lowest BCUT2D eigenvalue weighted by Crippen LogP contribution is -2.32. The van der Waals surface area contributed by atoms with Crippen LogP contribution in [0.5, 0.6) is 0 Å². The zero-order chi connectivity index (χ0) is 16.0. The Morgan fingerprint density at radius 2 is 2.00 bits per heavy atom. The van der Waals surface area contributed by atoms with E-state index in [4.69, 9.17) is 0 Å².